The molecule has 1 aromatic carbocycles. The summed E-state index contributed by atoms with van der Waals surface area (Å²) in [6.45, 7) is 2.16. The zero-order valence-electron chi connectivity index (χ0n) is 12.7. The van der Waals surface area contributed by atoms with Gasteiger partial charge in [-0.05, 0) is 29.0 Å². The van der Waals surface area contributed by atoms with Crippen molar-refractivity contribution in [3.8, 4) is 16.6 Å². The van der Waals surface area contributed by atoms with Crippen LogP contribution in [-0.2, 0) is 12.2 Å². The van der Waals surface area contributed by atoms with E-state index in [0.29, 0.717) is 10.7 Å². The van der Waals surface area contributed by atoms with Gasteiger partial charge in [0.05, 0.1) is 10.4 Å². The standard InChI is InChI=1S/C18H15N3S2/c1-2-13-5-3-6-14(9-13)12-23-18-20-11-15(10-19)17(21-18)16-7-4-8-22-16/h3-9,11H,2,12H2,1H3. The van der Waals surface area contributed by atoms with Crippen LogP contribution in [0.4, 0.5) is 0 Å². The number of thioether (sulfide) groups is 1. The summed E-state index contributed by atoms with van der Waals surface area (Å²) >= 11 is 3.18. The van der Waals surface area contributed by atoms with Gasteiger partial charge in [-0.1, -0.05) is 49.0 Å². The molecule has 2 heterocycles. The molecule has 114 valence electrons. The summed E-state index contributed by atoms with van der Waals surface area (Å²) in [6, 6.07) is 14.7. The highest BCUT2D eigenvalue weighted by Gasteiger charge is 2.11. The second kappa shape index (κ2) is 7.40. The molecule has 3 rings (SSSR count). The Morgan fingerprint density at radius 3 is 2.83 bits per heavy atom. The van der Waals surface area contributed by atoms with Crippen LogP contribution in [-0.4, -0.2) is 9.97 Å². The van der Waals surface area contributed by atoms with Crippen molar-refractivity contribution in [3.05, 3.63) is 64.7 Å². The van der Waals surface area contributed by atoms with Crippen molar-refractivity contribution in [1.82, 2.24) is 9.97 Å². The molecule has 0 unspecified atom stereocenters. The highest BCUT2D eigenvalue weighted by Crippen LogP contribution is 2.28. The minimum absolute atomic E-state index is 0.518. The van der Waals surface area contributed by atoms with Crippen molar-refractivity contribution < 1.29 is 0 Å². The van der Waals surface area contributed by atoms with E-state index in [-0.39, 0.29) is 0 Å². The third-order valence-corrected chi connectivity index (χ3v) is 5.22. The Hall–Kier alpha value is -2.16. The maximum atomic E-state index is 9.24. The van der Waals surface area contributed by atoms with Gasteiger partial charge < -0.3 is 0 Å². The summed E-state index contributed by atoms with van der Waals surface area (Å²) in [4.78, 5) is 9.89. The zero-order valence-corrected chi connectivity index (χ0v) is 14.3. The molecule has 3 nitrogen and oxygen atoms in total. The zero-order chi connectivity index (χ0) is 16.1. The Bertz CT molecular complexity index is 836. The van der Waals surface area contributed by atoms with Crippen LogP contribution in [0.15, 0.2) is 53.1 Å². The number of thiophene rings is 1. The van der Waals surface area contributed by atoms with Crippen molar-refractivity contribution in [2.45, 2.75) is 24.3 Å². The number of aromatic nitrogens is 2. The molecule has 0 aliphatic heterocycles. The van der Waals surface area contributed by atoms with E-state index in [2.05, 4.69) is 47.2 Å². The lowest BCUT2D eigenvalue weighted by molar-refractivity contribution is 0.967. The molecular weight excluding hydrogens is 322 g/mol. The molecule has 0 bridgehead atoms. The Morgan fingerprint density at radius 2 is 2.09 bits per heavy atom. The summed E-state index contributed by atoms with van der Waals surface area (Å²) in [5.41, 5.74) is 3.84. The Balaban J connectivity index is 1.81. The van der Waals surface area contributed by atoms with Crippen LogP contribution < -0.4 is 0 Å². The number of nitriles is 1. The van der Waals surface area contributed by atoms with Gasteiger partial charge in [0, 0.05) is 11.9 Å². The predicted octanol–water partition coefficient (Wildman–Crippen LogP) is 4.93. The third-order valence-electron chi connectivity index (χ3n) is 3.41. The molecule has 0 aliphatic carbocycles. The fourth-order valence-corrected chi connectivity index (χ4v) is 3.69. The molecular formula is C18H15N3S2. The lowest BCUT2D eigenvalue weighted by atomic mass is 10.1. The monoisotopic (exact) mass is 337 g/mol. The van der Waals surface area contributed by atoms with Crippen LogP contribution in [0.3, 0.4) is 0 Å². The van der Waals surface area contributed by atoms with Gasteiger partial charge in [0.1, 0.15) is 11.8 Å². The summed E-state index contributed by atoms with van der Waals surface area (Å²) < 4.78 is 0. The fraction of sp³-hybridized carbons (Fsp3) is 0.167. The second-order valence-corrected chi connectivity index (χ2v) is 6.86. The van der Waals surface area contributed by atoms with E-state index in [4.69, 9.17) is 0 Å². The summed E-state index contributed by atoms with van der Waals surface area (Å²) in [5.74, 6) is 0.823. The van der Waals surface area contributed by atoms with E-state index < -0.39 is 0 Å². The molecule has 0 fully saturated rings. The molecule has 0 aliphatic rings. The van der Waals surface area contributed by atoms with Gasteiger partial charge in [0.15, 0.2) is 5.16 Å². The first kappa shape index (κ1) is 15.7. The quantitative estimate of drug-likeness (QED) is 0.489. The van der Waals surface area contributed by atoms with Gasteiger partial charge in [-0.25, -0.2) is 9.97 Å². The molecule has 0 saturated heterocycles. The van der Waals surface area contributed by atoms with E-state index in [1.807, 2.05) is 17.5 Å². The first-order chi connectivity index (χ1) is 11.3. The fourth-order valence-electron chi connectivity index (χ4n) is 2.21. The van der Waals surface area contributed by atoms with Gasteiger partial charge in [0.2, 0.25) is 0 Å². The number of hydrogen-bond acceptors (Lipinski definition) is 5. The highest BCUT2D eigenvalue weighted by molar-refractivity contribution is 7.98. The van der Waals surface area contributed by atoms with Gasteiger partial charge in [-0.15, -0.1) is 11.3 Å². The number of rotatable bonds is 5. The minimum atomic E-state index is 0.518. The van der Waals surface area contributed by atoms with Crippen LogP contribution in [0.25, 0.3) is 10.6 Å². The largest absolute Gasteiger partial charge is 0.230 e. The lowest BCUT2D eigenvalue weighted by Crippen LogP contribution is -1.94. The normalized spacial score (nSPS) is 10.4. The molecule has 0 amide bonds. The molecule has 0 radical (unpaired) electrons. The lowest BCUT2D eigenvalue weighted by Gasteiger charge is -2.05. The van der Waals surface area contributed by atoms with Crippen LogP contribution >= 0.6 is 23.1 Å². The number of benzene rings is 1. The van der Waals surface area contributed by atoms with Crippen LogP contribution in [0, 0.1) is 11.3 Å². The van der Waals surface area contributed by atoms with Crippen molar-refractivity contribution in [2.24, 2.45) is 0 Å². The van der Waals surface area contributed by atoms with E-state index in [1.165, 1.54) is 11.1 Å². The van der Waals surface area contributed by atoms with Gasteiger partial charge in [-0.2, -0.15) is 5.26 Å². The second-order valence-electron chi connectivity index (χ2n) is 4.97. The first-order valence-corrected chi connectivity index (χ1v) is 9.18. The van der Waals surface area contributed by atoms with Crippen molar-refractivity contribution in [3.63, 3.8) is 0 Å². The van der Waals surface area contributed by atoms with Gasteiger partial charge in [0.25, 0.3) is 0 Å². The highest BCUT2D eigenvalue weighted by atomic mass is 32.2. The Kier molecular flexibility index (Phi) is 5.06. The van der Waals surface area contributed by atoms with Crippen molar-refractivity contribution in [1.29, 1.82) is 5.26 Å². The minimum Gasteiger partial charge on any atom is -0.230 e. The van der Waals surface area contributed by atoms with Crippen molar-refractivity contribution in [2.75, 3.05) is 0 Å². The Morgan fingerprint density at radius 1 is 1.22 bits per heavy atom. The molecule has 0 atom stereocenters. The summed E-state index contributed by atoms with van der Waals surface area (Å²) in [5, 5.41) is 11.9. The van der Waals surface area contributed by atoms with Crippen LogP contribution in [0.5, 0.6) is 0 Å². The van der Waals surface area contributed by atoms with Crippen molar-refractivity contribution >= 4 is 23.1 Å². The maximum absolute atomic E-state index is 9.24. The maximum Gasteiger partial charge on any atom is 0.188 e. The van der Waals surface area contributed by atoms with E-state index in [9.17, 15) is 5.26 Å². The smallest absolute Gasteiger partial charge is 0.188 e. The first-order valence-electron chi connectivity index (χ1n) is 7.31. The third kappa shape index (κ3) is 3.79. The van der Waals surface area contributed by atoms with Gasteiger partial charge >= 0.3 is 0 Å². The summed E-state index contributed by atoms with van der Waals surface area (Å²) in [6.07, 6.45) is 2.65. The number of nitrogens with zero attached hydrogens (tertiary/aromatic N) is 3. The Labute approximate surface area is 144 Å². The molecule has 5 heteroatoms. The average Bonchev–Trinajstić information content (AvgIpc) is 3.14. The average molecular weight is 337 g/mol. The van der Waals surface area contributed by atoms with Gasteiger partial charge in [-0.3, -0.25) is 0 Å². The predicted molar refractivity (Wildman–Crippen MR) is 95.4 cm³/mol. The SMILES string of the molecule is CCc1cccc(CSc2ncc(C#N)c(-c3cccs3)n2)c1. The molecule has 23 heavy (non-hydrogen) atoms. The molecule has 2 aromatic heterocycles. The molecule has 0 spiro atoms. The molecule has 0 saturated carbocycles. The molecule has 0 N–H and O–H groups in total. The van der Waals surface area contributed by atoms with E-state index in [1.54, 1.807) is 29.3 Å². The topological polar surface area (TPSA) is 49.6 Å². The van der Waals surface area contributed by atoms with E-state index >= 15 is 0 Å². The number of hydrogen-bond donors (Lipinski definition) is 0. The van der Waals surface area contributed by atoms with Crippen LogP contribution in [0.2, 0.25) is 0 Å². The number of aryl methyl sites for hydroxylation is 1. The van der Waals surface area contributed by atoms with Crippen LogP contribution in [0.1, 0.15) is 23.6 Å². The molecule has 3 aromatic rings. The van der Waals surface area contributed by atoms with E-state index in [0.717, 1.165) is 22.7 Å². The summed E-state index contributed by atoms with van der Waals surface area (Å²) in [7, 11) is 0.